The van der Waals surface area contributed by atoms with Gasteiger partial charge in [0.1, 0.15) is 0 Å². The van der Waals surface area contributed by atoms with Gasteiger partial charge in [-0.15, -0.1) is 0 Å². The molecule has 0 atom stereocenters. The van der Waals surface area contributed by atoms with Crippen molar-refractivity contribution in [2.24, 2.45) is 0 Å². The van der Waals surface area contributed by atoms with Crippen LogP contribution in [-0.4, -0.2) is 12.6 Å². The smallest absolute Gasteiger partial charge is 0.0642 e. The lowest BCUT2D eigenvalue weighted by Crippen LogP contribution is -2.32. The molecule has 0 amide bonds. The van der Waals surface area contributed by atoms with Gasteiger partial charge in [-0.05, 0) is 38.8 Å². The maximum absolute atomic E-state index is 6.26. The molecule has 0 fully saturated rings. The summed E-state index contributed by atoms with van der Waals surface area (Å²) in [6, 6.07) is 6.58. The number of hydrogen-bond donors (Lipinski definition) is 0. The van der Waals surface area contributed by atoms with Crippen LogP contribution in [0.3, 0.4) is 0 Å². The minimum Gasteiger partial charge on any atom is -0.368 e. The summed E-state index contributed by atoms with van der Waals surface area (Å²) in [6.07, 6.45) is 1.14. The van der Waals surface area contributed by atoms with Gasteiger partial charge >= 0.3 is 0 Å². The van der Waals surface area contributed by atoms with Crippen LogP contribution in [0.2, 0.25) is 5.02 Å². The average molecular weight is 226 g/mol. The zero-order chi connectivity index (χ0) is 11.4. The Morgan fingerprint density at radius 1 is 1.33 bits per heavy atom. The monoisotopic (exact) mass is 225 g/mol. The maximum Gasteiger partial charge on any atom is 0.0642 e. The van der Waals surface area contributed by atoms with E-state index in [1.165, 1.54) is 11.3 Å². The van der Waals surface area contributed by atoms with E-state index in [1.54, 1.807) is 0 Å². The molecule has 1 rings (SSSR count). The SMILES string of the molecule is CCCN(c1c(C)cccc1Cl)C(C)C. The van der Waals surface area contributed by atoms with Crippen molar-refractivity contribution >= 4 is 17.3 Å². The van der Waals surface area contributed by atoms with E-state index in [-0.39, 0.29) is 0 Å². The van der Waals surface area contributed by atoms with Crippen molar-refractivity contribution in [1.82, 2.24) is 0 Å². The highest BCUT2D eigenvalue weighted by molar-refractivity contribution is 6.33. The normalized spacial score (nSPS) is 10.8. The third-order valence-electron chi connectivity index (χ3n) is 2.56. The molecule has 1 aromatic rings. The molecule has 0 heterocycles. The summed E-state index contributed by atoms with van der Waals surface area (Å²) in [7, 11) is 0. The Labute approximate surface area is 98.0 Å². The largest absolute Gasteiger partial charge is 0.368 e. The quantitative estimate of drug-likeness (QED) is 0.740. The molecule has 0 aliphatic rings. The van der Waals surface area contributed by atoms with Gasteiger partial charge in [0.15, 0.2) is 0 Å². The number of hydrogen-bond acceptors (Lipinski definition) is 1. The van der Waals surface area contributed by atoms with Gasteiger partial charge in [-0.3, -0.25) is 0 Å². The van der Waals surface area contributed by atoms with Crippen LogP contribution in [-0.2, 0) is 0 Å². The van der Waals surface area contributed by atoms with Gasteiger partial charge in [0, 0.05) is 12.6 Å². The Kier molecular flexibility index (Phi) is 4.46. The molecular weight excluding hydrogens is 206 g/mol. The molecule has 0 radical (unpaired) electrons. The Hall–Kier alpha value is -0.690. The average Bonchev–Trinajstić information content (AvgIpc) is 2.15. The first-order valence-corrected chi connectivity index (χ1v) is 5.97. The summed E-state index contributed by atoms with van der Waals surface area (Å²) in [6.45, 7) is 9.78. The lowest BCUT2D eigenvalue weighted by molar-refractivity contribution is 0.669. The van der Waals surface area contributed by atoms with Crippen molar-refractivity contribution < 1.29 is 0 Å². The Balaban J connectivity index is 3.10. The van der Waals surface area contributed by atoms with Crippen LogP contribution >= 0.6 is 11.6 Å². The fraction of sp³-hybridized carbons (Fsp3) is 0.538. The number of anilines is 1. The number of halogens is 1. The molecule has 15 heavy (non-hydrogen) atoms. The molecule has 1 nitrogen and oxygen atoms in total. The van der Waals surface area contributed by atoms with Gasteiger partial charge in [-0.2, -0.15) is 0 Å². The van der Waals surface area contributed by atoms with Crippen LogP contribution in [0.25, 0.3) is 0 Å². The summed E-state index contributed by atoms with van der Waals surface area (Å²) >= 11 is 6.26. The molecule has 0 N–H and O–H groups in total. The topological polar surface area (TPSA) is 3.24 Å². The molecule has 1 aromatic carbocycles. The van der Waals surface area contributed by atoms with Crippen LogP contribution in [0.4, 0.5) is 5.69 Å². The summed E-state index contributed by atoms with van der Waals surface area (Å²) in [5, 5.41) is 0.858. The molecule has 0 saturated carbocycles. The van der Waals surface area contributed by atoms with Gasteiger partial charge in [0.25, 0.3) is 0 Å². The van der Waals surface area contributed by atoms with Crippen LogP contribution in [0.15, 0.2) is 18.2 Å². The molecule has 0 aromatic heterocycles. The van der Waals surface area contributed by atoms with Gasteiger partial charge in [-0.25, -0.2) is 0 Å². The molecule has 2 heteroatoms. The first-order chi connectivity index (χ1) is 7.07. The number of para-hydroxylation sites is 1. The van der Waals surface area contributed by atoms with E-state index < -0.39 is 0 Å². The molecule has 0 saturated heterocycles. The predicted molar refractivity (Wildman–Crippen MR) is 69.0 cm³/mol. The van der Waals surface area contributed by atoms with E-state index in [0.717, 1.165) is 18.0 Å². The molecule has 0 bridgehead atoms. The van der Waals surface area contributed by atoms with Crippen molar-refractivity contribution in [2.45, 2.75) is 40.2 Å². The van der Waals surface area contributed by atoms with Gasteiger partial charge < -0.3 is 4.90 Å². The van der Waals surface area contributed by atoms with Crippen molar-refractivity contribution in [3.8, 4) is 0 Å². The van der Waals surface area contributed by atoms with E-state index in [9.17, 15) is 0 Å². The van der Waals surface area contributed by atoms with Crippen LogP contribution in [0, 0.1) is 6.92 Å². The van der Waals surface area contributed by atoms with Crippen molar-refractivity contribution in [2.75, 3.05) is 11.4 Å². The fourth-order valence-electron chi connectivity index (χ4n) is 1.86. The lowest BCUT2D eigenvalue weighted by atomic mass is 10.1. The minimum absolute atomic E-state index is 0.489. The van der Waals surface area contributed by atoms with E-state index in [0.29, 0.717) is 6.04 Å². The summed E-state index contributed by atoms with van der Waals surface area (Å²) in [5.74, 6) is 0. The van der Waals surface area contributed by atoms with Crippen molar-refractivity contribution in [1.29, 1.82) is 0 Å². The molecular formula is C13H20ClN. The third-order valence-corrected chi connectivity index (χ3v) is 2.87. The summed E-state index contributed by atoms with van der Waals surface area (Å²) in [4.78, 5) is 2.37. The molecule has 0 aliphatic heterocycles. The molecule has 0 unspecified atom stereocenters. The fourth-order valence-corrected chi connectivity index (χ4v) is 2.19. The Bertz CT molecular complexity index is 300. The van der Waals surface area contributed by atoms with Gasteiger partial charge in [0.2, 0.25) is 0 Å². The second-order valence-electron chi connectivity index (χ2n) is 4.19. The summed E-state index contributed by atoms with van der Waals surface area (Å²) in [5.41, 5.74) is 2.45. The van der Waals surface area contributed by atoms with Crippen molar-refractivity contribution in [3.63, 3.8) is 0 Å². The van der Waals surface area contributed by atoms with Crippen LogP contribution in [0.5, 0.6) is 0 Å². The van der Waals surface area contributed by atoms with E-state index in [2.05, 4.69) is 38.7 Å². The number of nitrogens with zero attached hydrogens (tertiary/aromatic N) is 1. The zero-order valence-electron chi connectivity index (χ0n) is 10.0. The number of benzene rings is 1. The highest BCUT2D eigenvalue weighted by Gasteiger charge is 2.14. The standard InChI is InChI=1S/C13H20ClN/c1-5-9-15(10(2)3)13-11(4)7-6-8-12(13)14/h6-8,10H,5,9H2,1-4H3. The Morgan fingerprint density at radius 2 is 2.00 bits per heavy atom. The van der Waals surface area contributed by atoms with E-state index in [1.807, 2.05) is 12.1 Å². The maximum atomic E-state index is 6.26. The van der Waals surface area contributed by atoms with Gasteiger partial charge in [-0.1, -0.05) is 30.7 Å². The zero-order valence-corrected chi connectivity index (χ0v) is 10.8. The van der Waals surface area contributed by atoms with Crippen LogP contribution < -0.4 is 4.90 Å². The van der Waals surface area contributed by atoms with Crippen molar-refractivity contribution in [3.05, 3.63) is 28.8 Å². The van der Waals surface area contributed by atoms with Crippen LogP contribution in [0.1, 0.15) is 32.8 Å². The molecule has 0 spiro atoms. The number of aryl methyl sites for hydroxylation is 1. The Morgan fingerprint density at radius 3 is 2.47 bits per heavy atom. The second-order valence-corrected chi connectivity index (χ2v) is 4.60. The van der Waals surface area contributed by atoms with E-state index >= 15 is 0 Å². The number of rotatable bonds is 4. The summed E-state index contributed by atoms with van der Waals surface area (Å²) < 4.78 is 0. The van der Waals surface area contributed by atoms with Gasteiger partial charge in [0.05, 0.1) is 10.7 Å². The predicted octanol–water partition coefficient (Wildman–Crippen LogP) is 4.27. The lowest BCUT2D eigenvalue weighted by Gasteiger charge is -2.31. The highest BCUT2D eigenvalue weighted by Crippen LogP contribution is 2.30. The second kappa shape index (κ2) is 5.41. The third kappa shape index (κ3) is 2.88. The molecule has 84 valence electrons. The first kappa shape index (κ1) is 12.4. The first-order valence-electron chi connectivity index (χ1n) is 5.59. The highest BCUT2D eigenvalue weighted by atomic mass is 35.5. The van der Waals surface area contributed by atoms with E-state index in [4.69, 9.17) is 11.6 Å². The molecule has 0 aliphatic carbocycles. The minimum atomic E-state index is 0.489.